The monoisotopic (exact) mass is 345 g/mol. The van der Waals surface area contributed by atoms with Crippen molar-refractivity contribution in [3.63, 3.8) is 0 Å². The van der Waals surface area contributed by atoms with E-state index in [2.05, 4.69) is 4.72 Å². The minimum atomic E-state index is -3.98. The van der Waals surface area contributed by atoms with Crippen molar-refractivity contribution in [3.05, 3.63) is 23.8 Å². The highest BCUT2D eigenvalue weighted by Gasteiger charge is 2.31. The van der Waals surface area contributed by atoms with E-state index in [1.807, 2.05) is 0 Å². The van der Waals surface area contributed by atoms with Gasteiger partial charge in [0.15, 0.2) is 0 Å². The second-order valence-corrected chi connectivity index (χ2v) is 6.72. The summed E-state index contributed by atoms with van der Waals surface area (Å²) >= 11 is 0. The Morgan fingerprint density at radius 3 is 2.74 bits per heavy atom. The number of sulfonamides is 1. The van der Waals surface area contributed by atoms with Crippen LogP contribution in [0.2, 0.25) is 0 Å². The quantitative estimate of drug-likeness (QED) is 0.771. The van der Waals surface area contributed by atoms with Gasteiger partial charge in [-0.15, -0.1) is 0 Å². The zero-order chi connectivity index (χ0) is 17.0. The Morgan fingerprint density at radius 2 is 2.13 bits per heavy atom. The first-order chi connectivity index (χ1) is 10.9. The van der Waals surface area contributed by atoms with Crippen LogP contribution in [-0.2, 0) is 19.5 Å². The predicted octanol–water partition coefficient (Wildman–Crippen LogP) is 0.476. The van der Waals surface area contributed by atoms with E-state index in [-0.39, 0.29) is 22.8 Å². The number of carbonyl (C=O) groups is 1. The minimum Gasteiger partial charge on any atom is -0.495 e. The Labute approximate surface area is 134 Å². The smallest absolute Gasteiger partial charge is 0.335 e. The average Bonchev–Trinajstić information content (AvgIpc) is 2.54. The van der Waals surface area contributed by atoms with Crippen molar-refractivity contribution >= 4 is 16.0 Å². The highest BCUT2D eigenvalue weighted by molar-refractivity contribution is 7.89. The molecule has 1 aromatic carbocycles. The predicted molar refractivity (Wildman–Crippen MR) is 80.3 cm³/mol. The molecule has 128 valence electrons. The highest BCUT2D eigenvalue weighted by Crippen LogP contribution is 2.26. The van der Waals surface area contributed by atoms with Crippen molar-refractivity contribution in [2.24, 2.45) is 0 Å². The van der Waals surface area contributed by atoms with E-state index in [1.54, 1.807) is 0 Å². The van der Waals surface area contributed by atoms with Gasteiger partial charge in [-0.25, -0.2) is 17.9 Å². The molecule has 1 aliphatic rings. The maximum Gasteiger partial charge on any atom is 0.335 e. The molecule has 0 radical (unpaired) electrons. The van der Waals surface area contributed by atoms with Gasteiger partial charge < -0.3 is 19.3 Å². The number of nitrogens with one attached hydrogen (secondary N) is 1. The van der Waals surface area contributed by atoms with Gasteiger partial charge in [-0.1, -0.05) is 0 Å². The molecule has 0 aliphatic carbocycles. The average molecular weight is 345 g/mol. The van der Waals surface area contributed by atoms with Crippen molar-refractivity contribution in [1.82, 2.24) is 4.72 Å². The van der Waals surface area contributed by atoms with Crippen molar-refractivity contribution in [2.45, 2.75) is 23.5 Å². The molecule has 0 bridgehead atoms. The topological polar surface area (TPSA) is 111 Å². The molecule has 0 spiro atoms. The second-order valence-electron chi connectivity index (χ2n) is 5.04. The van der Waals surface area contributed by atoms with Crippen LogP contribution in [-0.4, -0.2) is 59.1 Å². The van der Waals surface area contributed by atoms with Gasteiger partial charge in [0.25, 0.3) is 0 Å². The van der Waals surface area contributed by atoms with Crippen LogP contribution in [0.5, 0.6) is 5.75 Å². The molecule has 9 heteroatoms. The molecule has 1 heterocycles. The van der Waals surface area contributed by atoms with Crippen LogP contribution in [0.25, 0.3) is 0 Å². The van der Waals surface area contributed by atoms with Crippen molar-refractivity contribution in [3.8, 4) is 5.75 Å². The van der Waals surface area contributed by atoms with Crippen LogP contribution in [0.1, 0.15) is 16.8 Å². The van der Waals surface area contributed by atoms with Gasteiger partial charge in [-0.05, 0) is 24.6 Å². The lowest BCUT2D eigenvalue weighted by Gasteiger charge is -2.30. The standard InChI is InChI=1S/C14H19NO7S/c1-20-11-4-3-9(14(16)17)7-13(11)23(18,19)15-10-5-6-22-8-12(10)21-2/h3-4,7,10,12,15H,5-6,8H2,1-2H3,(H,16,17)/t10-,12-/m1/s1. The molecule has 8 nitrogen and oxygen atoms in total. The molecule has 0 saturated carbocycles. The first kappa shape index (κ1) is 17.7. The fourth-order valence-corrected chi connectivity index (χ4v) is 3.85. The van der Waals surface area contributed by atoms with E-state index >= 15 is 0 Å². The highest BCUT2D eigenvalue weighted by atomic mass is 32.2. The van der Waals surface area contributed by atoms with E-state index in [9.17, 15) is 13.2 Å². The number of hydrogen-bond acceptors (Lipinski definition) is 6. The Morgan fingerprint density at radius 1 is 1.39 bits per heavy atom. The lowest BCUT2D eigenvalue weighted by Crippen LogP contribution is -2.49. The van der Waals surface area contributed by atoms with Crippen molar-refractivity contribution < 1.29 is 32.5 Å². The number of ether oxygens (including phenoxy) is 3. The normalized spacial score (nSPS) is 21.8. The summed E-state index contributed by atoms with van der Waals surface area (Å²) in [5, 5.41) is 9.05. The molecule has 1 aromatic rings. The SMILES string of the molecule is COc1ccc(C(=O)O)cc1S(=O)(=O)N[C@@H]1CCOC[C@H]1OC. The Kier molecular flexibility index (Phi) is 5.58. The van der Waals surface area contributed by atoms with Gasteiger partial charge in [0.1, 0.15) is 10.6 Å². The third-order valence-corrected chi connectivity index (χ3v) is 5.12. The van der Waals surface area contributed by atoms with E-state index in [0.29, 0.717) is 13.0 Å². The maximum absolute atomic E-state index is 12.6. The Balaban J connectivity index is 2.34. The lowest BCUT2D eigenvalue weighted by molar-refractivity contribution is -0.0448. The minimum absolute atomic E-state index is 0.0727. The number of methoxy groups -OCH3 is 2. The van der Waals surface area contributed by atoms with Crippen LogP contribution in [0.3, 0.4) is 0 Å². The van der Waals surface area contributed by atoms with Gasteiger partial charge in [-0.2, -0.15) is 0 Å². The van der Waals surface area contributed by atoms with Gasteiger partial charge in [-0.3, -0.25) is 0 Å². The Bertz CT molecular complexity index is 674. The third kappa shape index (κ3) is 3.99. The van der Waals surface area contributed by atoms with Crippen molar-refractivity contribution in [2.75, 3.05) is 27.4 Å². The summed E-state index contributed by atoms with van der Waals surface area (Å²) in [5.74, 6) is -1.14. The zero-order valence-corrected chi connectivity index (χ0v) is 13.6. The molecular formula is C14H19NO7S. The van der Waals surface area contributed by atoms with E-state index in [4.69, 9.17) is 19.3 Å². The number of benzene rings is 1. The number of rotatable bonds is 6. The maximum atomic E-state index is 12.6. The summed E-state index contributed by atoms with van der Waals surface area (Å²) in [5.41, 5.74) is -0.138. The van der Waals surface area contributed by atoms with Crippen LogP contribution in [0, 0.1) is 0 Å². The molecule has 23 heavy (non-hydrogen) atoms. The largest absolute Gasteiger partial charge is 0.495 e. The molecule has 0 aromatic heterocycles. The summed E-state index contributed by atoms with van der Waals surface area (Å²) < 4.78 is 43.3. The number of carboxylic acid groups (broad SMARTS) is 1. The van der Waals surface area contributed by atoms with E-state index in [1.165, 1.54) is 26.4 Å². The number of hydrogen-bond donors (Lipinski definition) is 2. The van der Waals surface area contributed by atoms with Gasteiger partial charge >= 0.3 is 5.97 Å². The summed E-state index contributed by atoms with van der Waals surface area (Å²) in [7, 11) is -1.18. The second kappa shape index (κ2) is 7.26. The molecule has 1 fully saturated rings. The molecule has 0 unspecified atom stereocenters. The fraction of sp³-hybridized carbons (Fsp3) is 0.500. The summed E-state index contributed by atoms with van der Waals surface area (Å²) in [6, 6.07) is 3.21. The molecule has 1 aliphatic heterocycles. The van der Waals surface area contributed by atoms with Crippen LogP contribution < -0.4 is 9.46 Å². The van der Waals surface area contributed by atoms with Gasteiger partial charge in [0, 0.05) is 13.7 Å². The summed E-state index contributed by atoms with van der Waals surface area (Å²) in [4.78, 5) is 10.9. The van der Waals surface area contributed by atoms with Gasteiger partial charge in [0.05, 0.1) is 31.4 Å². The molecule has 2 N–H and O–H groups in total. The zero-order valence-electron chi connectivity index (χ0n) is 12.8. The van der Waals surface area contributed by atoms with Crippen LogP contribution in [0.4, 0.5) is 0 Å². The first-order valence-electron chi connectivity index (χ1n) is 6.93. The Hall–Kier alpha value is -1.68. The molecule has 2 atom stereocenters. The summed E-state index contributed by atoms with van der Waals surface area (Å²) in [6.45, 7) is 0.704. The number of aromatic carboxylic acids is 1. The molecule has 2 rings (SSSR count). The van der Waals surface area contributed by atoms with E-state index in [0.717, 1.165) is 6.07 Å². The van der Waals surface area contributed by atoms with Crippen molar-refractivity contribution in [1.29, 1.82) is 0 Å². The summed E-state index contributed by atoms with van der Waals surface area (Å²) in [6.07, 6.45) is 0.0470. The molecular weight excluding hydrogens is 326 g/mol. The molecule has 1 saturated heterocycles. The molecule has 0 amide bonds. The lowest BCUT2D eigenvalue weighted by atomic mass is 10.1. The fourth-order valence-electron chi connectivity index (χ4n) is 2.36. The van der Waals surface area contributed by atoms with Crippen LogP contribution >= 0.6 is 0 Å². The van der Waals surface area contributed by atoms with Crippen LogP contribution in [0.15, 0.2) is 23.1 Å². The van der Waals surface area contributed by atoms with Gasteiger partial charge in [0.2, 0.25) is 10.0 Å². The number of carboxylic acids is 1. The third-order valence-electron chi connectivity index (χ3n) is 3.61. The first-order valence-corrected chi connectivity index (χ1v) is 8.41. The van der Waals surface area contributed by atoms with E-state index < -0.39 is 28.1 Å².